The predicted octanol–water partition coefficient (Wildman–Crippen LogP) is 0.781. The fraction of sp³-hybridized carbons (Fsp3) is 1.00. The molecule has 0 aromatic heterocycles. The summed E-state index contributed by atoms with van der Waals surface area (Å²) in [6.45, 7) is 6.24. The molecular weight excluding hydrogens is 226 g/mol. The van der Waals surface area contributed by atoms with Crippen molar-refractivity contribution in [3.63, 3.8) is 0 Å². The summed E-state index contributed by atoms with van der Waals surface area (Å²) in [6.07, 6.45) is 6.01. The van der Waals surface area contributed by atoms with Gasteiger partial charge in [-0.15, -0.1) is 0 Å². The molecule has 2 rings (SSSR count). The van der Waals surface area contributed by atoms with Crippen LogP contribution in [0.3, 0.4) is 0 Å². The van der Waals surface area contributed by atoms with E-state index in [-0.39, 0.29) is 0 Å². The number of ether oxygens (including phenoxy) is 1. The summed E-state index contributed by atoms with van der Waals surface area (Å²) in [5.41, 5.74) is 0. The maximum atomic E-state index is 5.74. The molecule has 2 fully saturated rings. The first kappa shape index (κ1) is 14.3. The van der Waals surface area contributed by atoms with Gasteiger partial charge in [0.05, 0.1) is 12.7 Å². The highest BCUT2D eigenvalue weighted by molar-refractivity contribution is 4.76. The largest absolute Gasteiger partial charge is 0.374 e. The van der Waals surface area contributed by atoms with Crippen LogP contribution < -0.4 is 5.32 Å². The van der Waals surface area contributed by atoms with Crippen molar-refractivity contribution in [1.29, 1.82) is 0 Å². The van der Waals surface area contributed by atoms with Gasteiger partial charge in [-0.05, 0) is 26.9 Å². The second-order valence-corrected chi connectivity index (χ2v) is 5.88. The molecule has 0 radical (unpaired) electrons. The van der Waals surface area contributed by atoms with Crippen molar-refractivity contribution in [2.75, 3.05) is 53.4 Å². The number of hydrogen-bond acceptors (Lipinski definition) is 4. The molecule has 1 saturated carbocycles. The van der Waals surface area contributed by atoms with Gasteiger partial charge in [0, 0.05) is 38.8 Å². The minimum Gasteiger partial charge on any atom is -0.374 e. The van der Waals surface area contributed by atoms with Crippen LogP contribution in [0.25, 0.3) is 0 Å². The van der Waals surface area contributed by atoms with Crippen molar-refractivity contribution < 1.29 is 4.74 Å². The van der Waals surface area contributed by atoms with Gasteiger partial charge in [-0.2, -0.15) is 0 Å². The molecule has 106 valence electrons. The lowest BCUT2D eigenvalue weighted by atomic mass is 10.2. The number of rotatable bonds is 6. The van der Waals surface area contributed by atoms with Crippen LogP contribution in [0.15, 0.2) is 0 Å². The average Bonchev–Trinajstić information content (AvgIpc) is 2.88. The Morgan fingerprint density at radius 3 is 2.83 bits per heavy atom. The SMILES string of the molecule is CN1CCOC(CNCCN(C)C2CCCC2)C1. The Morgan fingerprint density at radius 1 is 1.33 bits per heavy atom. The van der Waals surface area contributed by atoms with Gasteiger partial charge < -0.3 is 19.9 Å². The van der Waals surface area contributed by atoms with E-state index in [9.17, 15) is 0 Å². The third-order valence-electron chi connectivity index (χ3n) is 4.30. The van der Waals surface area contributed by atoms with E-state index < -0.39 is 0 Å². The van der Waals surface area contributed by atoms with E-state index in [0.717, 1.165) is 45.4 Å². The van der Waals surface area contributed by atoms with Crippen LogP contribution in [0, 0.1) is 0 Å². The van der Waals surface area contributed by atoms with Crippen LogP contribution in [-0.4, -0.2) is 75.4 Å². The smallest absolute Gasteiger partial charge is 0.0826 e. The van der Waals surface area contributed by atoms with Gasteiger partial charge in [-0.3, -0.25) is 0 Å². The zero-order chi connectivity index (χ0) is 12.8. The Balaban J connectivity index is 1.52. The maximum Gasteiger partial charge on any atom is 0.0826 e. The number of likely N-dealkylation sites (N-methyl/N-ethyl adjacent to an activating group) is 2. The third-order valence-corrected chi connectivity index (χ3v) is 4.30. The molecule has 2 aliphatic rings. The van der Waals surface area contributed by atoms with E-state index in [4.69, 9.17) is 4.74 Å². The highest BCUT2D eigenvalue weighted by Crippen LogP contribution is 2.21. The van der Waals surface area contributed by atoms with Crippen molar-refractivity contribution >= 4 is 0 Å². The summed E-state index contributed by atoms with van der Waals surface area (Å²) in [6, 6.07) is 0.837. The summed E-state index contributed by atoms with van der Waals surface area (Å²) in [5, 5.41) is 3.54. The van der Waals surface area contributed by atoms with Crippen LogP contribution in [0.2, 0.25) is 0 Å². The second-order valence-electron chi connectivity index (χ2n) is 5.88. The fourth-order valence-corrected chi connectivity index (χ4v) is 3.04. The maximum absolute atomic E-state index is 5.74. The Hall–Kier alpha value is -0.160. The molecule has 1 saturated heterocycles. The minimum atomic E-state index is 0.375. The van der Waals surface area contributed by atoms with Crippen LogP contribution >= 0.6 is 0 Å². The Morgan fingerprint density at radius 2 is 2.11 bits per heavy atom. The number of nitrogens with one attached hydrogen (secondary N) is 1. The van der Waals surface area contributed by atoms with E-state index in [2.05, 4.69) is 29.2 Å². The minimum absolute atomic E-state index is 0.375. The molecule has 1 heterocycles. The van der Waals surface area contributed by atoms with Crippen LogP contribution in [0.4, 0.5) is 0 Å². The van der Waals surface area contributed by atoms with E-state index in [1.807, 2.05) is 0 Å². The van der Waals surface area contributed by atoms with E-state index >= 15 is 0 Å². The molecule has 0 spiro atoms. The number of hydrogen-bond donors (Lipinski definition) is 1. The third kappa shape index (κ3) is 4.50. The molecule has 1 N–H and O–H groups in total. The van der Waals surface area contributed by atoms with Crippen molar-refractivity contribution in [2.24, 2.45) is 0 Å². The molecular formula is C14H29N3O. The Kier molecular flexibility index (Phi) is 5.89. The molecule has 0 amide bonds. The molecule has 18 heavy (non-hydrogen) atoms. The normalized spacial score (nSPS) is 27.2. The van der Waals surface area contributed by atoms with Gasteiger partial charge >= 0.3 is 0 Å². The van der Waals surface area contributed by atoms with E-state index in [1.54, 1.807) is 0 Å². The van der Waals surface area contributed by atoms with Crippen molar-refractivity contribution in [3.05, 3.63) is 0 Å². The van der Waals surface area contributed by atoms with Gasteiger partial charge in [0.2, 0.25) is 0 Å². The lowest BCUT2D eigenvalue weighted by Gasteiger charge is -2.30. The quantitative estimate of drug-likeness (QED) is 0.710. The van der Waals surface area contributed by atoms with Gasteiger partial charge in [0.15, 0.2) is 0 Å². The standard InChI is InChI=1S/C14H29N3O/c1-16-9-10-18-14(12-16)11-15-7-8-17(2)13-5-3-4-6-13/h13-15H,3-12H2,1-2H3. The van der Waals surface area contributed by atoms with Crippen LogP contribution in [0.1, 0.15) is 25.7 Å². The van der Waals surface area contributed by atoms with Crippen LogP contribution in [-0.2, 0) is 4.74 Å². The summed E-state index contributed by atoms with van der Waals surface area (Å²) in [5.74, 6) is 0. The van der Waals surface area contributed by atoms with Crippen molar-refractivity contribution in [3.8, 4) is 0 Å². The van der Waals surface area contributed by atoms with Gasteiger partial charge in [-0.25, -0.2) is 0 Å². The highest BCUT2D eigenvalue weighted by atomic mass is 16.5. The number of morpholine rings is 1. The van der Waals surface area contributed by atoms with Crippen molar-refractivity contribution in [1.82, 2.24) is 15.1 Å². The summed E-state index contributed by atoms with van der Waals surface area (Å²) in [7, 11) is 4.44. The number of nitrogens with zero attached hydrogens (tertiary/aromatic N) is 2. The van der Waals surface area contributed by atoms with E-state index in [0.29, 0.717) is 6.10 Å². The molecule has 4 heteroatoms. The van der Waals surface area contributed by atoms with Crippen molar-refractivity contribution in [2.45, 2.75) is 37.8 Å². The summed E-state index contributed by atoms with van der Waals surface area (Å²) < 4.78 is 5.74. The summed E-state index contributed by atoms with van der Waals surface area (Å²) >= 11 is 0. The molecule has 0 bridgehead atoms. The molecule has 0 aromatic carbocycles. The zero-order valence-electron chi connectivity index (χ0n) is 12.0. The summed E-state index contributed by atoms with van der Waals surface area (Å²) in [4.78, 5) is 4.87. The first-order valence-corrected chi connectivity index (χ1v) is 7.47. The first-order valence-electron chi connectivity index (χ1n) is 7.47. The van der Waals surface area contributed by atoms with Crippen LogP contribution in [0.5, 0.6) is 0 Å². The topological polar surface area (TPSA) is 27.7 Å². The van der Waals surface area contributed by atoms with E-state index in [1.165, 1.54) is 25.7 Å². The fourth-order valence-electron chi connectivity index (χ4n) is 3.04. The molecule has 1 aliphatic heterocycles. The molecule has 1 aliphatic carbocycles. The average molecular weight is 255 g/mol. The lowest BCUT2D eigenvalue weighted by molar-refractivity contribution is -0.0182. The highest BCUT2D eigenvalue weighted by Gasteiger charge is 2.19. The zero-order valence-corrected chi connectivity index (χ0v) is 12.0. The lowest BCUT2D eigenvalue weighted by Crippen LogP contribution is -2.46. The Bertz CT molecular complexity index is 227. The van der Waals surface area contributed by atoms with Gasteiger partial charge in [0.1, 0.15) is 0 Å². The molecule has 0 aromatic rings. The molecule has 1 unspecified atom stereocenters. The predicted molar refractivity (Wildman–Crippen MR) is 75.0 cm³/mol. The first-order chi connectivity index (χ1) is 8.75. The molecule has 1 atom stereocenters. The molecule has 4 nitrogen and oxygen atoms in total. The van der Waals surface area contributed by atoms with Gasteiger partial charge in [-0.1, -0.05) is 12.8 Å². The second kappa shape index (κ2) is 7.43. The Labute approximate surface area is 112 Å². The monoisotopic (exact) mass is 255 g/mol. The van der Waals surface area contributed by atoms with Gasteiger partial charge in [0.25, 0.3) is 0 Å².